The van der Waals surface area contributed by atoms with Gasteiger partial charge in [0.25, 0.3) is 11.8 Å². The van der Waals surface area contributed by atoms with E-state index in [-0.39, 0.29) is 11.8 Å². The molecule has 3 rings (SSSR count). The van der Waals surface area contributed by atoms with Crippen molar-refractivity contribution in [2.24, 2.45) is 0 Å². The quantitative estimate of drug-likeness (QED) is 0.818. The van der Waals surface area contributed by atoms with Crippen molar-refractivity contribution < 1.29 is 14.3 Å². The van der Waals surface area contributed by atoms with Crippen LogP contribution in [-0.2, 0) is 16.0 Å². The van der Waals surface area contributed by atoms with Crippen LogP contribution >= 0.6 is 0 Å². The fourth-order valence-corrected chi connectivity index (χ4v) is 2.62. The summed E-state index contributed by atoms with van der Waals surface area (Å²) in [4.78, 5) is 25.9. The standard InChI is InChI=1S/C15H19N3O3/c1-18-6-4-10-2-3-11(8-12(10)15(18)20)17-14(19)13-9-16-5-7-21-13/h2-3,8,13,16H,4-7,9H2,1H3,(H,17,19). The van der Waals surface area contributed by atoms with E-state index in [1.807, 2.05) is 12.1 Å². The van der Waals surface area contributed by atoms with Gasteiger partial charge in [0.15, 0.2) is 0 Å². The number of benzene rings is 1. The molecule has 0 aromatic heterocycles. The Hall–Kier alpha value is -1.92. The highest BCUT2D eigenvalue weighted by Gasteiger charge is 2.24. The number of hydrogen-bond donors (Lipinski definition) is 2. The molecule has 6 heteroatoms. The molecule has 2 aliphatic rings. The first-order valence-electron chi connectivity index (χ1n) is 7.17. The second-order valence-corrected chi connectivity index (χ2v) is 5.40. The lowest BCUT2D eigenvalue weighted by atomic mass is 9.98. The minimum atomic E-state index is -0.479. The summed E-state index contributed by atoms with van der Waals surface area (Å²) in [5.41, 5.74) is 2.34. The van der Waals surface area contributed by atoms with E-state index in [0.717, 1.165) is 25.1 Å². The van der Waals surface area contributed by atoms with Crippen LogP contribution in [0.4, 0.5) is 5.69 Å². The first-order valence-corrected chi connectivity index (χ1v) is 7.17. The first-order chi connectivity index (χ1) is 10.1. The largest absolute Gasteiger partial charge is 0.366 e. The number of ether oxygens (including phenoxy) is 1. The summed E-state index contributed by atoms with van der Waals surface area (Å²) in [6.07, 6.45) is 0.370. The van der Waals surface area contributed by atoms with Crippen molar-refractivity contribution in [1.82, 2.24) is 10.2 Å². The molecule has 1 saturated heterocycles. The molecule has 0 spiro atoms. The number of morpholine rings is 1. The van der Waals surface area contributed by atoms with Crippen molar-refractivity contribution in [1.29, 1.82) is 0 Å². The van der Waals surface area contributed by atoms with Gasteiger partial charge in [0.05, 0.1) is 6.61 Å². The molecule has 0 bridgehead atoms. The summed E-state index contributed by atoms with van der Waals surface area (Å²) >= 11 is 0. The van der Waals surface area contributed by atoms with Gasteiger partial charge in [0.1, 0.15) is 6.10 Å². The van der Waals surface area contributed by atoms with Crippen LogP contribution < -0.4 is 10.6 Å². The van der Waals surface area contributed by atoms with E-state index in [1.165, 1.54) is 0 Å². The molecule has 1 unspecified atom stereocenters. The average molecular weight is 289 g/mol. The van der Waals surface area contributed by atoms with Crippen molar-refractivity contribution in [3.63, 3.8) is 0 Å². The van der Waals surface area contributed by atoms with Gasteiger partial charge >= 0.3 is 0 Å². The van der Waals surface area contributed by atoms with Gasteiger partial charge in [0.2, 0.25) is 0 Å². The predicted octanol–water partition coefficient (Wildman–Crippen LogP) is 0.242. The first kappa shape index (κ1) is 14.0. The maximum atomic E-state index is 12.1. The average Bonchev–Trinajstić information content (AvgIpc) is 2.52. The maximum absolute atomic E-state index is 12.1. The number of hydrogen-bond acceptors (Lipinski definition) is 4. The van der Waals surface area contributed by atoms with Crippen LogP contribution in [-0.4, -0.2) is 56.1 Å². The van der Waals surface area contributed by atoms with E-state index < -0.39 is 6.10 Å². The second kappa shape index (κ2) is 5.83. The summed E-state index contributed by atoms with van der Waals surface area (Å²) in [5.74, 6) is -0.179. The summed E-state index contributed by atoms with van der Waals surface area (Å²) in [6, 6.07) is 5.50. The van der Waals surface area contributed by atoms with Crippen LogP contribution in [0.2, 0.25) is 0 Å². The Bertz CT molecular complexity index is 567. The van der Waals surface area contributed by atoms with E-state index in [2.05, 4.69) is 10.6 Å². The number of nitrogens with zero attached hydrogens (tertiary/aromatic N) is 1. The molecule has 2 N–H and O–H groups in total. The summed E-state index contributed by atoms with van der Waals surface area (Å²) < 4.78 is 5.41. The normalized spacial score (nSPS) is 21.9. The maximum Gasteiger partial charge on any atom is 0.254 e. The number of fused-ring (bicyclic) bond motifs is 1. The third-order valence-corrected chi connectivity index (χ3v) is 3.89. The monoisotopic (exact) mass is 289 g/mol. The Kier molecular flexibility index (Phi) is 3.90. The summed E-state index contributed by atoms with van der Waals surface area (Å²) in [7, 11) is 1.79. The second-order valence-electron chi connectivity index (χ2n) is 5.40. The number of anilines is 1. The third-order valence-electron chi connectivity index (χ3n) is 3.89. The molecule has 21 heavy (non-hydrogen) atoms. The van der Waals surface area contributed by atoms with Gasteiger partial charge in [-0.25, -0.2) is 0 Å². The summed E-state index contributed by atoms with van der Waals surface area (Å²) in [5, 5.41) is 5.94. The van der Waals surface area contributed by atoms with Crippen molar-refractivity contribution >= 4 is 17.5 Å². The van der Waals surface area contributed by atoms with Crippen LogP contribution in [0.5, 0.6) is 0 Å². The number of carbonyl (C=O) groups excluding carboxylic acids is 2. The molecule has 2 heterocycles. The topological polar surface area (TPSA) is 70.7 Å². The van der Waals surface area contributed by atoms with E-state index in [4.69, 9.17) is 4.74 Å². The zero-order valence-electron chi connectivity index (χ0n) is 12.0. The predicted molar refractivity (Wildman–Crippen MR) is 78.3 cm³/mol. The SMILES string of the molecule is CN1CCc2ccc(NC(=O)C3CNCCO3)cc2C1=O. The highest BCUT2D eigenvalue weighted by Crippen LogP contribution is 2.22. The molecule has 1 atom stereocenters. The molecule has 6 nitrogen and oxygen atoms in total. The van der Waals surface area contributed by atoms with Crippen LogP contribution in [0.1, 0.15) is 15.9 Å². The minimum Gasteiger partial charge on any atom is -0.366 e. The molecule has 2 aliphatic heterocycles. The molecule has 112 valence electrons. The molecule has 1 fully saturated rings. The fourth-order valence-electron chi connectivity index (χ4n) is 2.62. The van der Waals surface area contributed by atoms with Crippen LogP contribution in [0.25, 0.3) is 0 Å². The van der Waals surface area contributed by atoms with Gasteiger partial charge in [-0.1, -0.05) is 6.07 Å². The molecule has 2 amide bonds. The lowest BCUT2D eigenvalue weighted by Crippen LogP contribution is -2.45. The van der Waals surface area contributed by atoms with Gasteiger partial charge in [0, 0.05) is 37.9 Å². The van der Waals surface area contributed by atoms with E-state index in [0.29, 0.717) is 24.4 Å². The van der Waals surface area contributed by atoms with Gasteiger partial charge < -0.3 is 20.3 Å². The number of carbonyl (C=O) groups is 2. The highest BCUT2D eigenvalue weighted by molar-refractivity contribution is 6.00. The van der Waals surface area contributed by atoms with Crippen LogP contribution in [0.15, 0.2) is 18.2 Å². The third kappa shape index (κ3) is 2.91. The Labute approximate surface area is 123 Å². The smallest absolute Gasteiger partial charge is 0.254 e. The molecule has 0 aliphatic carbocycles. The van der Waals surface area contributed by atoms with Gasteiger partial charge in [-0.05, 0) is 24.1 Å². The zero-order chi connectivity index (χ0) is 14.8. The molecular weight excluding hydrogens is 270 g/mol. The molecule has 1 aromatic rings. The van der Waals surface area contributed by atoms with Crippen LogP contribution in [0, 0.1) is 0 Å². The van der Waals surface area contributed by atoms with E-state index in [9.17, 15) is 9.59 Å². The van der Waals surface area contributed by atoms with Gasteiger partial charge in [-0.3, -0.25) is 9.59 Å². The zero-order valence-corrected chi connectivity index (χ0v) is 12.0. The summed E-state index contributed by atoms with van der Waals surface area (Å²) in [6.45, 7) is 2.55. The van der Waals surface area contributed by atoms with Crippen LogP contribution in [0.3, 0.4) is 0 Å². The number of nitrogens with one attached hydrogen (secondary N) is 2. The van der Waals surface area contributed by atoms with Crippen molar-refractivity contribution in [2.45, 2.75) is 12.5 Å². The van der Waals surface area contributed by atoms with Crippen molar-refractivity contribution in [2.75, 3.05) is 38.6 Å². The number of rotatable bonds is 2. The molecule has 0 radical (unpaired) electrons. The fraction of sp³-hybridized carbons (Fsp3) is 0.467. The Morgan fingerprint density at radius 2 is 2.33 bits per heavy atom. The lowest BCUT2D eigenvalue weighted by molar-refractivity contribution is -0.128. The molecule has 1 aromatic carbocycles. The highest BCUT2D eigenvalue weighted by atomic mass is 16.5. The van der Waals surface area contributed by atoms with E-state index >= 15 is 0 Å². The Morgan fingerprint density at radius 1 is 1.48 bits per heavy atom. The van der Waals surface area contributed by atoms with Crippen molar-refractivity contribution in [3.8, 4) is 0 Å². The number of likely N-dealkylation sites (N-methyl/N-ethyl adjacent to an activating group) is 1. The van der Waals surface area contributed by atoms with Crippen molar-refractivity contribution in [3.05, 3.63) is 29.3 Å². The number of amides is 2. The van der Waals surface area contributed by atoms with Gasteiger partial charge in [-0.2, -0.15) is 0 Å². The Balaban J connectivity index is 1.74. The van der Waals surface area contributed by atoms with Gasteiger partial charge in [-0.15, -0.1) is 0 Å². The molecule has 0 saturated carbocycles. The minimum absolute atomic E-state index is 0.00271. The Morgan fingerprint density at radius 3 is 3.10 bits per heavy atom. The lowest BCUT2D eigenvalue weighted by Gasteiger charge is -2.26. The van der Waals surface area contributed by atoms with E-state index in [1.54, 1.807) is 18.0 Å². The molecular formula is C15H19N3O3.